The molecular formula is C20H19N5OS. The molecule has 0 atom stereocenters. The van der Waals surface area contributed by atoms with Crippen LogP contribution in [0.5, 0.6) is 0 Å². The predicted molar refractivity (Wildman–Crippen MR) is 105 cm³/mol. The molecule has 1 amide bonds. The topological polar surface area (TPSA) is 64.2 Å². The van der Waals surface area contributed by atoms with Gasteiger partial charge in [0.15, 0.2) is 4.96 Å². The molecule has 1 aliphatic carbocycles. The van der Waals surface area contributed by atoms with Crippen LogP contribution in [0.25, 0.3) is 16.2 Å². The number of nitrogens with zero attached hydrogens (tertiary/aromatic N) is 4. The van der Waals surface area contributed by atoms with Gasteiger partial charge in [-0.1, -0.05) is 30.3 Å². The highest BCUT2D eigenvalue weighted by Crippen LogP contribution is 2.46. The van der Waals surface area contributed by atoms with E-state index in [2.05, 4.69) is 19.9 Å². The standard InChI is InChI=1S/C20H19N5OS/c26-18(22-12-20(6-7-20)13-24-9-8-21-14-24)17-11-27-19-23-16(10-25(17)19)15-4-2-1-3-5-15/h1-5,8-11,14H,6-7,12-13H2,(H,22,26). The van der Waals surface area contributed by atoms with E-state index >= 15 is 0 Å². The Morgan fingerprint density at radius 2 is 2.11 bits per heavy atom. The summed E-state index contributed by atoms with van der Waals surface area (Å²) in [5.41, 5.74) is 2.74. The fraction of sp³-hybridized carbons (Fsp3) is 0.250. The van der Waals surface area contributed by atoms with Gasteiger partial charge >= 0.3 is 0 Å². The largest absolute Gasteiger partial charge is 0.350 e. The van der Waals surface area contributed by atoms with Crippen molar-refractivity contribution in [3.8, 4) is 11.3 Å². The lowest BCUT2D eigenvalue weighted by atomic mass is 10.1. The number of thiazole rings is 1. The van der Waals surface area contributed by atoms with Crippen LogP contribution in [0.4, 0.5) is 0 Å². The minimum Gasteiger partial charge on any atom is -0.350 e. The molecule has 7 heteroatoms. The first-order valence-electron chi connectivity index (χ1n) is 8.98. The zero-order valence-electron chi connectivity index (χ0n) is 14.7. The summed E-state index contributed by atoms with van der Waals surface area (Å²) >= 11 is 1.49. The van der Waals surface area contributed by atoms with Gasteiger partial charge in [-0.15, -0.1) is 11.3 Å². The summed E-state index contributed by atoms with van der Waals surface area (Å²) in [6.07, 6.45) is 9.80. The summed E-state index contributed by atoms with van der Waals surface area (Å²) in [5.74, 6) is -0.0461. The smallest absolute Gasteiger partial charge is 0.269 e. The quantitative estimate of drug-likeness (QED) is 0.560. The molecule has 1 fully saturated rings. The van der Waals surface area contributed by atoms with Crippen molar-refractivity contribution in [3.05, 3.63) is 66.3 Å². The molecule has 0 bridgehead atoms. The molecule has 4 aromatic rings. The monoisotopic (exact) mass is 377 g/mol. The minimum atomic E-state index is -0.0461. The van der Waals surface area contributed by atoms with Gasteiger partial charge in [0.2, 0.25) is 0 Å². The van der Waals surface area contributed by atoms with Gasteiger partial charge in [0.25, 0.3) is 5.91 Å². The van der Waals surface area contributed by atoms with Gasteiger partial charge in [-0.25, -0.2) is 9.97 Å². The molecule has 0 aliphatic heterocycles. The van der Waals surface area contributed by atoms with Crippen molar-refractivity contribution >= 4 is 22.2 Å². The Balaban J connectivity index is 1.32. The molecule has 3 aromatic heterocycles. The molecule has 6 nitrogen and oxygen atoms in total. The second-order valence-electron chi connectivity index (χ2n) is 7.18. The average Bonchev–Trinajstić information content (AvgIpc) is 3.07. The van der Waals surface area contributed by atoms with Crippen LogP contribution in [0.15, 0.2) is 60.6 Å². The number of benzene rings is 1. The second kappa shape index (κ2) is 6.35. The van der Waals surface area contributed by atoms with E-state index < -0.39 is 0 Å². The predicted octanol–water partition coefficient (Wildman–Crippen LogP) is 3.47. The van der Waals surface area contributed by atoms with Gasteiger partial charge < -0.3 is 9.88 Å². The first kappa shape index (κ1) is 16.3. The van der Waals surface area contributed by atoms with Crippen LogP contribution >= 0.6 is 11.3 Å². The zero-order chi connectivity index (χ0) is 18.3. The number of nitrogens with one attached hydrogen (secondary N) is 1. The molecule has 0 unspecified atom stereocenters. The van der Waals surface area contributed by atoms with Crippen molar-refractivity contribution in [2.24, 2.45) is 5.41 Å². The third kappa shape index (κ3) is 3.14. The molecule has 0 radical (unpaired) electrons. The van der Waals surface area contributed by atoms with E-state index in [9.17, 15) is 4.79 Å². The van der Waals surface area contributed by atoms with E-state index in [1.54, 1.807) is 6.20 Å². The molecule has 0 spiro atoms. The molecule has 0 saturated heterocycles. The van der Waals surface area contributed by atoms with Gasteiger partial charge in [-0.2, -0.15) is 0 Å². The number of aromatic nitrogens is 4. The Labute approximate surface area is 160 Å². The van der Waals surface area contributed by atoms with Crippen LogP contribution in [0, 0.1) is 5.41 Å². The Morgan fingerprint density at radius 3 is 2.85 bits per heavy atom. The van der Waals surface area contributed by atoms with E-state index in [0.717, 1.165) is 35.6 Å². The molecule has 1 N–H and O–H groups in total. The number of rotatable bonds is 6. The Bertz CT molecular complexity index is 1080. The number of amides is 1. The summed E-state index contributed by atoms with van der Waals surface area (Å²) in [5, 5.41) is 5.00. The second-order valence-corrected chi connectivity index (χ2v) is 8.02. The molecule has 1 aromatic carbocycles. The SMILES string of the molecule is O=C(NCC1(Cn2ccnc2)CC1)c1csc2nc(-c3ccccc3)cn12. The lowest BCUT2D eigenvalue weighted by Crippen LogP contribution is -2.32. The molecule has 1 aliphatic rings. The summed E-state index contributed by atoms with van der Waals surface area (Å²) in [6, 6.07) is 10.0. The van der Waals surface area contributed by atoms with E-state index in [-0.39, 0.29) is 11.3 Å². The van der Waals surface area contributed by atoms with E-state index in [1.807, 2.05) is 58.8 Å². The Hall–Kier alpha value is -2.93. The summed E-state index contributed by atoms with van der Waals surface area (Å²) in [4.78, 5) is 22.3. The van der Waals surface area contributed by atoms with Crippen LogP contribution < -0.4 is 5.32 Å². The normalized spacial score (nSPS) is 15.1. The van der Waals surface area contributed by atoms with Gasteiger partial charge in [0.1, 0.15) is 5.69 Å². The van der Waals surface area contributed by atoms with Crippen molar-refractivity contribution in [3.63, 3.8) is 0 Å². The van der Waals surface area contributed by atoms with Crippen LogP contribution in [0.2, 0.25) is 0 Å². The van der Waals surface area contributed by atoms with E-state index in [0.29, 0.717) is 12.2 Å². The van der Waals surface area contributed by atoms with Crippen molar-refractivity contribution < 1.29 is 4.79 Å². The van der Waals surface area contributed by atoms with Gasteiger partial charge in [0.05, 0.1) is 12.0 Å². The summed E-state index contributed by atoms with van der Waals surface area (Å²) in [7, 11) is 0. The maximum Gasteiger partial charge on any atom is 0.269 e. The Kier molecular flexibility index (Phi) is 3.82. The third-order valence-corrected chi connectivity index (χ3v) is 6.01. The molecule has 1 saturated carbocycles. The van der Waals surface area contributed by atoms with Gasteiger partial charge in [0, 0.05) is 48.0 Å². The van der Waals surface area contributed by atoms with Crippen LogP contribution in [-0.4, -0.2) is 31.4 Å². The number of carbonyl (C=O) groups excluding carboxylic acids is 1. The Morgan fingerprint density at radius 1 is 1.26 bits per heavy atom. The maximum absolute atomic E-state index is 12.8. The van der Waals surface area contributed by atoms with Crippen molar-refractivity contribution in [2.45, 2.75) is 19.4 Å². The fourth-order valence-corrected chi connectivity index (χ4v) is 4.24. The molecule has 27 heavy (non-hydrogen) atoms. The summed E-state index contributed by atoms with van der Waals surface area (Å²) < 4.78 is 3.97. The van der Waals surface area contributed by atoms with Crippen LogP contribution in [-0.2, 0) is 6.54 Å². The highest BCUT2D eigenvalue weighted by atomic mass is 32.1. The zero-order valence-corrected chi connectivity index (χ0v) is 15.5. The number of hydrogen-bond acceptors (Lipinski definition) is 4. The number of imidazole rings is 2. The number of hydrogen-bond donors (Lipinski definition) is 1. The van der Waals surface area contributed by atoms with Crippen molar-refractivity contribution in [2.75, 3.05) is 6.54 Å². The lowest BCUT2D eigenvalue weighted by molar-refractivity contribution is 0.0937. The van der Waals surface area contributed by atoms with Gasteiger partial charge in [-0.3, -0.25) is 9.20 Å². The molecule has 136 valence electrons. The summed E-state index contributed by atoms with van der Waals surface area (Å²) in [6.45, 7) is 1.58. The first-order chi connectivity index (χ1) is 13.2. The molecule has 3 heterocycles. The molecule has 5 rings (SSSR count). The van der Waals surface area contributed by atoms with Crippen LogP contribution in [0.3, 0.4) is 0 Å². The van der Waals surface area contributed by atoms with Crippen LogP contribution in [0.1, 0.15) is 23.3 Å². The number of carbonyl (C=O) groups is 1. The maximum atomic E-state index is 12.8. The van der Waals surface area contributed by atoms with Crippen molar-refractivity contribution in [1.82, 2.24) is 24.3 Å². The fourth-order valence-electron chi connectivity index (χ4n) is 3.39. The average molecular weight is 377 g/mol. The number of fused-ring (bicyclic) bond motifs is 1. The highest BCUT2D eigenvalue weighted by Gasteiger charge is 2.43. The highest BCUT2D eigenvalue weighted by molar-refractivity contribution is 7.15. The van der Waals surface area contributed by atoms with E-state index in [1.165, 1.54) is 11.3 Å². The van der Waals surface area contributed by atoms with Crippen molar-refractivity contribution in [1.29, 1.82) is 0 Å². The van der Waals surface area contributed by atoms with E-state index in [4.69, 9.17) is 0 Å². The minimum absolute atomic E-state index is 0.0461. The van der Waals surface area contributed by atoms with Gasteiger partial charge in [-0.05, 0) is 12.8 Å². The third-order valence-electron chi connectivity index (χ3n) is 5.17. The lowest BCUT2D eigenvalue weighted by Gasteiger charge is -2.16. The molecular weight excluding hydrogens is 358 g/mol. The first-order valence-corrected chi connectivity index (χ1v) is 9.86.